The van der Waals surface area contributed by atoms with Crippen molar-refractivity contribution in [2.75, 3.05) is 11.9 Å². The molecule has 0 aliphatic heterocycles. The lowest BCUT2D eigenvalue weighted by Gasteiger charge is -2.08. The van der Waals surface area contributed by atoms with Gasteiger partial charge in [-0.05, 0) is 69.0 Å². The van der Waals surface area contributed by atoms with Gasteiger partial charge in [-0.1, -0.05) is 17.7 Å². The summed E-state index contributed by atoms with van der Waals surface area (Å²) >= 11 is 6.07. The van der Waals surface area contributed by atoms with E-state index in [2.05, 4.69) is 29.8 Å². The lowest BCUT2D eigenvalue weighted by Crippen LogP contribution is -2.20. The van der Waals surface area contributed by atoms with Crippen molar-refractivity contribution in [3.05, 3.63) is 57.9 Å². The van der Waals surface area contributed by atoms with Crippen molar-refractivity contribution in [1.29, 1.82) is 0 Å². The normalized spacial score (nSPS) is 13.8. The molecular weight excluding hydrogens is 364 g/mol. The van der Waals surface area contributed by atoms with E-state index in [1.165, 1.54) is 24.6 Å². The Morgan fingerprint density at radius 1 is 1.26 bits per heavy atom. The molecule has 1 amide bonds. The minimum Gasteiger partial charge on any atom is -0.452 e. The maximum atomic E-state index is 11.9. The smallest absolute Gasteiger partial charge is 0.331 e. The van der Waals surface area contributed by atoms with Gasteiger partial charge in [0.2, 0.25) is 0 Å². The average molecular weight is 387 g/mol. The van der Waals surface area contributed by atoms with Crippen molar-refractivity contribution in [3.8, 4) is 0 Å². The first-order valence-electron chi connectivity index (χ1n) is 8.94. The highest BCUT2D eigenvalue weighted by molar-refractivity contribution is 6.33. The Hall–Kier alpha value is -2.53. The van der Waals surface area contributed by atoms with Crippen LogP contribution in [0.4, 0.5) is 5.69 Å². The number of carbonyl (C=O) groups is 2. The number of amides is 1. The third kappa shape index (κ3) is 4.80. The standard InChI is InChI=1S/C21H23ClN2O3/c1-13-4-8-19(18(22)10-13)23-20(25)12-27-21(26)9-5-16-11-14(2)24(15(16)3)17-6-7-17/h4-5,8-11,17H,6-7,12H2,1-3H3,(H,23,25)/b9-5+. The number of halogens is 1. The van der Waals surface area contributed by atoms with Crippen molar-refractivity contribution in [3.63, 3.8) is 0 Å². The molecule has 142 valence electrons. The molecule has 6 heteroatoms. The van der Waals surface area contributed by atoms with Crippen LogP contribution in [0.25, 0.3) is 6.08 Å². The topological polar surface area (TPSA) is 60.3 Å². The number of nitrogens with one attached hydrogen (secondary N) is 1. The zero-order valence-corrected chi connectivity index (χ0v) is 16.5. The van der Waals surface area contributed by atoms with Crippen LogP contribution in [0.15, 0.2) is 30.3 Å². The highest BCUT2D eigenvalue weighted by Gasteiger charge is 2.26. The molecule has 5 nitrogen and oxygen atoms in total. The molecule has 1 N–H and O–H groups in total. The number of hydrogen-bond donors (Lipinski definition) is 1. The van der Waals surface area contributed by atoms with Crippen LogP contribution in [0.2, 0.25) is 5.02 Å². The van der Waals surface area contributed by atoms with Crippen molar-refractivity contribution in [1.82, 2.24) is 4.57 Å². The summed E-state index contributed by atoms with van der Waals surface area (Å²) in [5, 5.41) is 3.08. The molecule has 1 fully saturated rings. The highest BCUT2D eigenvalue weighted by Crippen LogP contribution is 2.38. The zero-order valence-electron chi connectivity index (χ0n) is 15.7. The Kier molecular flexibility index (Phi) is 5.71. The lowest BCUT2D eigenvalue weighted by molar-refractivity contribution is -0.142. The molecule has 3 rings (SSSR count). The van der Waals surface area contributed by atoms with Gasteiger partial charge in [0.25, 0.3) is 5.91 Å². The van der Waals surface area contributed by atoms with Gasteiger partial charge in [-0.25, -0.2) is 4.79 Å². The highest BCUT2D eigenvalue weighted by atomic mass is 35.5. The predicted octanol–water partition coefficient (Wildman–Crippen LogP) is 4.60. The Bertz CT molecular complexity index is 910. The van der Waals surface area contributed by atoms with Gasteiger partial charge in [-0.15, -0.1) is 0 Å². The van der Waals surface area contributed by atoms with Gasteiger partial charge in [0.1, 0.15) is 0 Å². The molecule has 0 atom stereocenters. The molecule has 1 aliphatic carbocycles. The Morgan fingerprint density at radius 2 is 2.00 bits per heavy atom. The first kappa shape index (κ1) is 19.2. The van der Waals surface area contributed by atoms with E-state index in [1.54, 1.807) is 18.2 Å². The number of rotatable bonds is 6. The van der Waals surface area contributed by atoms with Gasteiger partial charge in [0.05, 0.1) is 10.7 Å². The fourth-order valence-electron chi connectivity index (χ4n) is 3.12. The van der Waals surface area contributed by atoms with E-state index in [0.717, 1.165) is 16.8 Å². The van der Waals surface area contributed by atoms with Crippen LogP contribution in [0.1, 0.15) is 41.4 Å². The second-order valence-electron chi connectivity index (χ2n) is 6.90. The molecule has 1 aromatic carbocycles. The number of aryl methyl sites for hydroxylation is 2. The van der Waals surface area contributed by atoms with Crippen molar-refractivity contribution < 1.29 is 14.3 Å². The number of hydrogen-bond acceptors (Lipinski definition) is 3. The molecular formula is C21H23ClN2O3. The van der Waals surface area contributed by atoms with Crippen molar-refractivity contribution in [2.24, 2.45) is 0 Å². The Morgan fingerprint density at radius 3 is 2.67 bits per heavy atom. The number of ether oxygens (including phenoxy) is 1. The molecule has 0 radical (unpaired) electrons. The molecule has 1 aliphatic rings. The van der Waals surface area contributed by atoms with Gasteiger partial charge in [0.15, 0.2) is 6.61 Å². The van der Waals surface area contributed by atoms with Gasteiger partial charge < -0.3 is 14.6 Å². The van der Waals surface area contributed by atoms with Gasteiger partial charge in [0, 0.05) is 23.5 Å². The Balaban J connectivity index is 1.53. The number of aromatic nitrogens is 1. The van der Waals surface area contributed by atoms with Crippen LogP contribution < -0.4 is 5.32 Å². The van der Waals surface area contributed by atoms with E-state index < -0.39 is 11.9 Å². The maximum absolute atomic E-state index is 11.9. The van der Waals surface area contributed by atoms with Gasteiger partial charge >= 0.3 is 5.97 Å². The second-order valence-corrected chi connectivity index (χ2v) is 7.31. The molecule has 27 heavy (non-hydrogen) atoms. The number of anilines is 1. The summed E-state index contributed by atoms with van der Waals surface area (Å²) in [6.45, 7) is 5.67. The molecule has 0 bridgehead atoms. The van der Waals surface area contributed by atoms with Gasteiger partial charge in [-0.3, -0.25) is 4.79 Å². The van der Waals surface area contributed by atoms with E-state index in [0.29, 0.717) is 16.8 Å². The van der Waals surface area contributed by atoms with Gasteiger partial charge in [-0.2, -0.15) is 0 Å². The third-order valence-electron chi connectivity index (χ3n) is 4.58. The van der Waals surface area contributed by atoms with E-state index in [9.17, 15) is 9.59 Å². The SMILES string of the molecule is Cc1ccc(NC(=O)COC(=O)/C=C/c2cc(C)n(C3CC3)c2C)c(Cl)c1. The summed E-state index contributed by atoms with van der Waals surface area (Å²) < 4.78 is 7.32. The summed E-state index contributed by atoms with van der Waals surface area (Å²) in [5.74, 6) is -0.995. The summed E-state index contributed by atoms with van der Waals surface area (Å²) in [4.78, 5) is 23.9. The van der Waals surface area contributed by atoms with Crippen LogP contribution >= 0.6 is 11.6 Å². The second kappa shape index (κ2) is 8.01. The third-order valence-corrected chi connectivity index (χ3v) is 4.89. The lowest BCUT2D eigenvalue weighted by atomic mass is 10.2. The fourth-order valence-corrected chi connectivity index (χ4v) is 3.40. The van der Waals surface area contributed by atoms with Crippen LogP contribution in [-0.2, 0) is 14.3 Å². The van der Waals surface area contributed by atoms with Crippen molar-refractivity contribution in [2.45, 2.75) is 39.7 Å². The van der Waals surface area contributed by atoms with E-state index in [-0.39, 0.29) is 6.61 Å². The van der Waals surface area contributed by atoms with Crippen molar-refractivity contribution >= 4 is 35.2 Å². The molecule has 1 saturated carbocycles. The predicted molar refractivity (Wildman–Crippen MR) is 107 cm³/mol. The molecule has 0 unspecified atom stereocenters. The number of benzene rings is 1. The van der Waals surface area contributed by atoms with E-state index in [1.807, 2.05) is 13.0 Å². The number of carbonyl (C=O) groups excluding carboxylic acids is 2. The molecule has 0 saturated heterocycles. The first-order valence-corrected chi connectivity index (χ1v) is 9.32. The van der Waals surface area contributed by atoms with Crippen LogP contribution in [-0.4, -0.2) is 23.1 Å². The Labute approximate surface area is 164 Å². The minimum absolute atomic E-state index is 0.367. The molecule has 2 aromatic rings. The average Bonchev–Trinajstić information content (AvgIpc) is 3.39. The monoisotopic (exact) mass is 386 g/mol. The zero-order chi connectivity index (χ0) is 19.6. The largest absolute Gasteiger partial charge is 0.452 e. The maximum Gasteiger partial charge on any atom is 0.331 e. The summed E-state index contributed by atoms with van der Waals surface area (Å²) in [5.41, 5.74) is 4.82. The number of nitrogens with zero attached hydrogens (tertiary/aromatic N) is 1. The quantitative estimate of drug-likeness (QED) is 0.583. The van der Waals surface area contributed by atoms with Crippen LogP contribution in [0, 0.1) is 20.8 Å². The summed E-state index contributed by atoms with van der Waals surface area (Å²) in [7, 11) is 0. The van der Waals surface area contributed by atoms with Crippen LogP contribution in [0.5, 0.6) is 0 Å². The molecule has 0 spiro atoms. The molecule has 1 heterocycles. The van der Waals surface area contributed by atoms with E-state index in [4.69, 9.17) is 16.3 Å². The number of esters is 1. The van der Waals surface area contributed by atoms with E-state index >= 15 is 0 Å². The van der Waals surface area contributed by atoms with Crippen LogP contribution in [0.3, 0.4) is 0 Å². The first-order chi connectivity index (χ1) is 12.8. The summed E-state index contributed by atoms with van der Waals surface area (Å²) in [6, 6.07) is 7.96. The minimum atomic E-state index is -0.559. The molecule has 1 aromatic heterocycles. The summed E-state index contributed by atoms with van der Waals surface area (Å²) in [6.07, 6.45) is 5.51. The fraction of sp³-hybridized carbons (Fsp3) is 0.333.